The molecule has 0 N–H and O–H groups in total. The quantitative estimate of drug-likeness (QED) is 0.680. The Bertz CT molecular complexity index is 450. The molecule has 1 saturated heterocycles. The number of rotatable bonds is 2. The van der Waals surface area contributed by atoms with E-state index in [2.05, 4.69) is 59.3 Å². The molecule has 1 unspecified atom stereocenters. The minimum atomic E-state index is -0.00831. The fourth-order valence-electron chi connectivity index (χ4n) is 3.37. The maximum atomic E-state index is 6.23. The average Bonchev–Trinajstić information content (AvgIpc) is 2.60. The second kappa shape index (κ2) is 4.24. The smallest absolute Gasteiger partial charge is 0.135 e. The summed E-state index contributed by atoms with van der Waals surface area (Å²) < 4.78 is 0. The zero-order chi connectivity index (χ0) is 14.5. The van der Waals surface area contributed by atoms with Gasteiger partial charge in [-0.15, -0.1) is 5.06 Å². The van der Waals surface area contributed by atoms with Crippen LogP contribution in [0.2, 0.25) is 0 Å². The predicted molar refractivity (Wildman–Crippen MR) is 80.4 cm³/mol. The summed E-state index contributed by atoms with van der Waals surface area (Å²) in [5.41, 5.74) is 1.63. The van der Waals surface area contributed by atoms with Crippen molar-refractivity contribution in [3.05, 3.63) is 36.1 Å². The molecular weight excluding hydrogens is 234 g/mol. The van der Waals surface area contributed by atoms with Crippen LogP contribution in [-0.4, -0.2) is 17.1 Å². The molecule has 0 amide bonds. The van der Waals surface area contributed by atoms with E-state index in [0.29, 0.717) is 5.41 Å². The lowest BCUT2D eigenvalue weighted by Crippen LogP contribution is -2.36. The first-order chi connectivity index (χ1) is 8.60. The minimum absolute atomic E-state index is 0.00831. The van der Waals surface area contributed by atoms with Crippen LogP contribution in [-0.2, 0) is 4.84 Å². The summed E-state index contributed by atoms with van der Waals surface area (Å²) in [4.78, 5) is 6.23. The van der Waals surface area contributed by atoms with Gasteiger partial charge in [-0.1, -0.05) is 59.4 Å². The molecule has 0 aromatic heterocycles. The normalized spacial score (nSPS) is 30.8. The standard InChI is InChI=1S/C17H27NO/c1-8-9-10-13-14(15(2,3)4)19-18-12-16(5,6)11-17(13,18)7/h8-10H,1,11-12H2,2-7H3/b10-9+. The maximum absolute atomic E-state index is 6.23. The van der Waals surface area contributed by atoms with E-state index in [-0.39, 0.29) is 11.0 Å². The van der Waals surface area contributed by atoms with E-state index in [1.165, 1.54) is 5.57 Å². The summed E-state index contributed by atoms with van der Waals surface area (Å²) in [6.07, 6.45) is 7.15. The van der Waals surface area contributed by atoms with E-state index in [0.717, 1.165) is 18.7 Å². The Labute approximate surface area is 117 Å². The largest absolute Gasteiger partial charge is 0.409 e. The van der Waals surface area contributed by atoms with Gasteiger partial charge in [0.05, 0.1) is 5.54 Å². The number of hydrogen-bond donors (Lipinski definition) is 0. The molecule has 2 nitrogen and oxygen atoms in total. The fourth-order valence-corrected chi connectivity index (χ4v) is 3.37. The van der Waals surface area contributed by atoms with Crippen molar-refractivity contribution in [3.8, 4) is 0 Å². The molecule has 0 saturated carbocycles. The van der Waals surface area contributed by atoms with Gasteiger partial charge in [-0.3, -0.25) is 0 Å². The zero-order valence-electron chi connectivity index (χ0n) is 13.2. The lowest BCUT2D eigenvalue weighted by atomic mass is 9.78. The summed E-state index contributed by atoms with van der Waals surface area (Å²) in [5.74, 6) is 1.10. The average molecular weight is 261 g/mol. The van der Waals surface area contributed by atoms with E-state index in [1.54, 1.807) is 0 Å². The fraction of sp³-hybridized carbons (Fsp3) is 0.647. The Hall–Kier alpha value is -1.02. The Kier molecular flexibility index (Phi) is 3.21. The summed E-state index contributed by atoms with van der Waals surface area (Å²) in [5, 5.41) is 2.18. The number of hydrogen-bond acceptors (Lipinski definition) is 2. The van der Waals surface area contributed by atoms with E-state index < -0.39 is 0 Å². The van der Waals surface area contributed by atoms with E-state index in [1.807, 2.05) is 12.2 Å². The molecule has 2 heterocycles. The van der Waals surface area contributed by atoms with Gasteiger partial charge >= 0.3 is 0 Å². The van der Waals surface area contributed by atoms with Crippen molar-refractivity contribution in [3.63, 3.8) is 0 Å². The minimum Gasteiger partial charge on any atom is -0.409 e. The van der Waals surface area contributed by atoms with Gasteiger partial charge in [0, 0.05) is 17.5 Å². The predicted octanol–water partition coefficient (Wildman–Crippen LogP) is 4.46. The molecule has 0 aromatic carbocycles. The van der Waals surface area contributed by atoms with Crippen molar-refractivity contribution >= 4 is 0 Å². The van der Waals surface area contributed by atoms with Crippen molar-refractivity contribution in [1.29, 1.82) is 0 Å². The highest BCUT2D eigenvalue weighted by atomic mass is 16.7. The molecule has 106 valence electrons. The van der Waals surface area contributed by atoms with Crippen LogP contribution >= 0.6 is 0 Å². The van der Waals surface area contributed by atoms with Crippen molar-refractivity contribution in [2.75, 3.05) is 6.54 Å². The van der Waals surface area contributed by atoms with Crippen LogP contribution in [0.15, 0.2) is 36.1 Å². The van der Waals surface area contributed by atoms with Crippen LogP contribution in [0.1, 0.15) is 48.0 Å². The SMILES string of the molecule is C=C/C=C/C1=C(C(C)(C)C)ON2CC(C)(C)CC12C. The van der Waals surface area contributed by atoms with Crippen LogP contribution in [0.25, 0.3) is 0 Å². The van der Waals surface area contributed by atoms with Gasteiger partial charge in [0.15, 0.2) is 0 Å². The van der Waals surface area contributed by atoms with E-state index in [9.17, 15) is 0 Å². The molecule has 0 bridgehead atoms. The van der Waals surface area contributed by atoms with E-state index >= 15 is 0 Å². The Morgan fingerprint density at radius 2 is 1.89 bits per heavy atom. The molecule has 0 aliphatic carbocycles. The summed E-state index contributed by atoms with van der Waals surface area (Å²) in [7, 11) is 0. The van der Waals surface area contributed by atoms with Gasteiger partial charge in [0.2, 0.25) is 0 Å². The molecule has 1 fully saturated rings. The van der Waals surface area contributed by atoms with Crippen LogP contribution in [0.5, 0.6) is 0 Å². The highest BCUT2D eigenvalue weighted by molar-refractivity contribution is 5.40. The summed E-state index contributed by atoms with van der Waals surface area (Å²) in [6, 6.07) is 0. The molecule has 1 atom stereocenters. The third-order valence-corrected chi connectivity index (χ3v) is 4.05. The molecule has 2 heteroatoms. The molecule has 0 radical (unpaired) electrons. The van der Waals surface area contributed by atoms with Crippen LogP contribution < -0.4 is 0 Å². The molecule has 2 aliphatic heterocycles. The van der Waals surface area contributed by atoms with Gasteiger partial charge in [0.25, 0.3) is 0 Å². The number of fused-ring (bicyclic) bond motifs is 1. The highest BCUT2D eigenvalue weighted by Gasteiger charge is 2.55. The first-order valence-electron chi connectivity index (χ1n) is 7.10. The topological polar surface area (TPSA) is 12.5 Å². The summed E-state index contributed by atoms with van der Waals surface area (Å²) in [6.45, 7) is 18.3. The first-order valence-corrected chi connectivity index (χ1v) is 7.10. The maximum Gasteiger partial charge on any atom is 0.135 e. The van der Waals surface area contributed by atoms with Gasteiger partial charge in [-0.25, -0.2) is 0 Å². The number of allylic oxidation sites excluding steroid dienone is 3. The Morgan fingerprint density at radius 3 is 2.42 bits per heavy atom. The van der Waals surface area contributed by atoms with Crippen molar-refractivity contribution in [2.45, 2.75) is 53.5 Å². The van der Waals surface area contributed by atoms with Crippen LogP contribution in [0.4, 0.5) is 0 Å². The van der Waals surface area contributed by atoms with Gasteiger partial charge < -0.3 is 4.84 Å². The first kappa shape index (κ1) is 14.4. The second-order valence-corrected chi connectivity index (χ2v) is 7.83. The van der Waals surface area contributed by atoms with Gasteiger partial charge in [-0.05, 0) is 18.8 Å². The number of hydroxylamine groups is 2. The molecular formula is C17H27NO. The molecule has 0 spiro atoms. The third-order valence-electron chi connectivity index (χ3n) is 4.05. The van der Waals surface area contributed by atoms with Crippen molar-refractivity contribution in [1.82, 2.24) is 5.06 Å². The third kappa shape index (κ3) is 2.38. The van der Waals surface area contributed by atoms with Crippen molar-refractivity contribution < 1.29 is 4.84 Å². The Balaban J connectivity index is 2.49. The highest BCUT2D eigenvalue weighted by Crippen LogP contribution is 2.53. The van der Waals surface area contributed by atoms with Crippen LogP contribution in [0, 0.1) is 10.8 Å². The van der Waals surface area contributed by atoms with Crippen molar-refractivity contribution in [2.24, 2.45) is 10.8 Å². The molecule has 2 rings (SSSR count). The van der Waals surface area contributed by atoms with Gasteiger partial charge in [0.1, 0.15) is 5.76 Å². The lowest BCUT2D eigenvalue weighted by Gasteiger charge is -2.26. The second-order valence-electron chi connectivity index (χ2n) is 7.83. The van der Waals surface area contributed by atoms with Gasteiger partial charge in [-0.2, -0.15) is 0 Å². The summed E-state index contributed by atoms with van der Waals surface area (Å²) >= 11 is 0. The molecule has 19 heavy (non-hydrogen) atoms. The lowest BCUT2D eigenvalue weighted by molar-refractivity contribution is -0.141. The van der Waals surface area contributed by atoms with E-state index in [4.69, 9.17) is 4.84 Å². The monoisotopic (exact) mass is 261 g/mol. The number of nitrogens with zero attached hydrogens (tertiary/aromatic N) is 1. The zero-order valence-corrected chi connectivity index (χ0v) is 13.2. The van der Waals surface area contributed by atoms with Crippen LogP contribution in [0.3, 0.4) is 0 Å². The Morgan fingerprint density at radius 1 is 1.26 bits per heavy atom. The molecule has 0 aromatic rings. The molecule has 2 aliphatic rings.